The van der Waals surface area contributed by atoms with Crippen LogP contribution in [0.5, 0.6) is 5.75 Å². The molecule has 1 aromatic heterocycles. The molecule has 0 amide bonds. The molecule has 29 heavy (non-hydrogen) atoms. The SMILES string of the molecule is COC(=O)c1ccccc1Cn1nnc(-c2ccc(OC(=O)C(C)(C)C)cc2)n1. The molecule has 0 aliphatic carbocycles. The molecule has 0 unspecified atom stereocenters. The van der Waals surface area contributed by atoms with Gasteiger partial charge in [-0.25, -0.2) is 4.79 Å². The maximum Gasteiger partial charge on any atom is 0.338 e. The largest absolute Gasteiger partial charge is 0.465 e. The molecule has 0 aliphatic heterocycles. The van der Waals surface area contributed by atoms with Crippen LogP contribution < -0.4 is 4.74 Å². The van der Waals surface area contributed by atoms with Gasteiger partial charge in [0.1, 0.15) is 5.75 Å². The number of hydrogen-bond donors (Lipinski definition) is 0. The van der Waals surface area contributed by atoms with Crippen molar-refractivity contribution in [3.63, 3.8) is 0 Å². The number of hydrogen-bond acceptors (Lipinski definition) is 7. The molecule has 150 valence electrons. The Morgan fingerprint density at radius 2 is 1.72 bits per heavy atom. The second kappa shape index (κ2) is 8.22. The number of aromatic nitrogens is 4. The van der Waals surface area contributed by atoms with E-state index in [1.165, 1.54) is 11.9 Å². The lowest BCUT2D eigenvalue weighted by atomic mass is 9.97. The average Bonchev–Trinajstić information content (AvgIpc) is 3.16. The molecule has 3 aromatic rings. The Morgan fingerprint density at radius 3 is 2.38 bits per heavy atom. The molecule has 0 saturated heterocycles. The van der Waals surface area contributed by atoms with E-state index in [0.717, 1.165) is 11.1 Å². The van der Waals surface area contributed by atoms with Crippen molar-refractivity contribution in [1.82, 2.24) is 20.2 Å². The molecule has 0 atom stereocenters. The third kappa shape index (κ3) is 4.84. The summed E-state index contributed by atoms with van der Waals surface area (Å²) in [4.78, 5) is 25.3. The minimum Gasteiger partial charge on any atom is -0.465 e. The Morgan fingerprint density at radius 1 is 1.03 bits per heavy atom. The molecular weight excluding hydrogens is 372 g/mol. The standard InChI is InChI=1S/C21H22N4O4/c1-21(2,3)20(27)29-16-11-9-14(10-12-16)18-22-24-25(23-18)13-15-7-5-6-8-17(15)19(26)28-4/h5-12H,13H2,1-4H3. The topological polar surface area (TPSA) is 96.2 Å². The number of carbonyl (C=O) groups is 2. The highest BCUT2D eigenvalue weighted by atomic mass is 16.5. The van der Waals surface area contributed by atoms with Crippen LogP contribution in [0, 0.1) is 5.41 Å². The fourth-order valence-corrected chi connectivity index (χ4v) is 2.48. The van der Waals surface area contributed by atoms with E-state index in [4.69, 9.17) is 9.47 Å². The first kappa shape index (κ1) is 20.2. The van der Waals surface area contributed by atoms with Gasteiger partial charge in [-0.05, 0) is 61.9 Å². The molecule has 0 saturated carbocycles. The fourth-order valence-electron chi connectivity index (χ4n) is 2.48. The summed E-state index contributed by atoms with van der Waals surface area (Å²) in [6.07, 6.45) is 0. The molecule has 8 nitrogen and oxygen atoms in total. The van der Waals surface area contributed by atoms with E-state index < -0.39 is 11.4 Å². The Labute approximate surface area is 168 Å². The van der Waals surface area contributed by atoms with E-state index in [1.54, 1.807) is 57.2 Å². The van der Waals surface area contributed by atoms with Crippen molar-refractivity contribution in [3.8, 4) is 17.1 Å². The summed E-state index contributed by atoms with van der Waals surface area (Å²) in [5.41, 5.74) is 1.34. The summed E-state index contributed by atoms with van der Waals surface area (Å²) < 4.78 is 10.2. The van der Waals surface area contributed by atoms with Gasteiger partial charge in [-0.1, -0.05) is 18.2 Å². The van der Waals surface area contributed by atoms with Gasteiger partial charge < -0.3 is 9.47 Å². The highest BCUT2D eigenvalue weighted by Crippen LogP contribution is 2.22. The second-order valence-electron chi connectivity index (χ2n) is 7.46. The highest BCUT2D eigenvalue weighted by molar-refractivity contribution is 5.90. The van der Waals surface area contributed by atoms with Gasteiger partial charge >= 0.3 is 11.9 Å². The number of methoxy groups -OCH3 is 1. The minimum absolute atomic E-state index is 0.277. The number of nitrogens with zero attached hydrogens (tertiary/aromatic N) is 4. The number of carbonyl (C=O) groups excluding carboxylic acids is 2. The molecule has 3 rings (SSSR count). The number of esters is 2. The first-order valence-corrected chi connectivity index (χ1v) is 9.04. The summed E-state index contributed by atoms with van der Waals surface area (Å²) in [5.74, 6) is 0.155. The fraction of sp³-hybridized carbons (Fsp3) is 0.286. The lowest BCUT2D eigenvalue weighted by molar-refractivity contribution is -0.143. The van der Waals surface area contributed by atoms with Crippen LogP contribution in [0.4, 0.5) is 0 Å². The molecule has 0 bridgehead atoms. The van der Waals surface area contributed by atoms with Crippen molar-refractivity contribution in [2.45, 2.75) is 27.3 Å². The monoisotopic (exact) mass is 394 g/mol. The van der Waals surface area contributed by atoms with E-state index in [9.17, 15) is 9.59 Å². The number of tetrazole rings is 1. The maximum absolute atomic E-state index is 12.0. The normalized spacial score (nSPS) is 11.2. The van der Waals surface area contributed by atoms with Gasteiger partial charge in [-0.2, -0.15) is 4.80 Å². The maximum atomic E-state index is 12.0. The van der Waals surface area contributed by atoms with Crippen molar-refractivity contribution in [1.29, 1.82) is 0 Å². The van der Waals surface area contributed by atoms with Gasteiger partial charge in [-0.15, -0.1) is 10.2 Å². The predicted octanol–water partition coefficient (Wildman–Crippen LogP) is 3.13. The van der Waals surface area contributed by atoms with Crippen LogP contribution in [0.25, 0.3) is 11.4 Å². The van der Waals surface area contributed by atoms with Gasteiger partial charge in [0.15, 0.2) is 0 Å². The number of rotatable bonds is 5. The van der Waals surface area contributed by atoms with E-state index in [-0.39, 0.29) is 12.5 Å². The van der Waals surface area contributed by atoms with E-state index in [1.807, 2.05) is 12.1 Å². The second-order valence-corrected chi connectivity index (χ2v) is 7.46. The molecule has 0 spiro atoms. The zero-order valence-corrected chi connectivity index (χ0v) is 16.7. The van der Waals surface area contributed by atoms with Gasteiger partial charge in [0.05, 0.1) is 24.6 Å². The Bertz CT molecular complexity index is 1020. The van der Waals surface area contributed by atoms with Crippen molar-refractivity contribution in [2.75, 3.05) is 7.11 Å². The predicted molar refractivity (Wildman–Crippen MR) is 105 cm³/mol. The molecule has 2 aromatic carbocycles. The molecular formula is C21H22N4O4. The third-order valence-electron chi connectivity index (χ3n) is 4.12. The molecule has 0 radical (unpaired) electrons. The van der Waals surface area contributed by atoms with E-state index >= 15 is 0 Å². The first-order chi connectivity index (χ1) is 13.8. The first-order valence-electron chi connectivity index (χ1n) is 9.04. The van der Waals surface area contributed by atoms with Crippen molar-refractivity contribution in [2.24, 2.45) is 5.41 Å². The van der Waals surface area contributed by atoms with E-state index in [2.05, 4.69) is 15.4 Å². The Hall–Kier alpha value is -3.55. The van der Waals surface area contributed by atoms with Gasteiger partial charge in [0.2, 0.25) is 5.82 Å². The van der Waals surface area contributed by atoms with Crippen LogP contribution in [-0.2, 0) is 16.1 Å². The Balaban J connectivity index is 1.74. The van der Waals surface area contributed by atoms with Gasteiger partial charge in [0.25, 0.3) is 0 Å². The highest BCUT2D eigenvalue weighted by Gasteiger charge is 2.23. The van der Waals surface area contributed by atoms with Crippen LogP contribution >= 0.6 is 0 Å². The quantitative estimate of drug-likeness (QED) is 0.484. The zero-order chi connectivity index (χ0) is 21.0. The van der Waals surface area contributed by atoms with Crippen LogP contribution in [-0.4, -0.2) is 39.3 Å². The zero-order valence-electron chi connectivity index (χ0n) is 16.7. The van der Waals surface area contributed by atoms with Crippen LogP contribution in [0.3, 0.4) is 0 Å². The summed E-state index contributed by atoms with van der Waals surface area (Å²) >= 11 is 0. The Kier molecular flexibility index (Phi) is 5.72. The van der Waals surface area contributed by atoms with Crippen LogP contribution in [0.15, 0.2) is 48.5 Å². The number of ether oxygens (including phenoxy) is 2. The molecule has 0 N–H and O–H groups in total. The summed E-state index contributed by atoms with van der Waals surface area (Å²) in [7, 11) is 1.34. The van der Waals surface area contributed by atoms with Crippen molar-refractivity contribution in [3.05, 3.63) is 59.7 Å². The van der Waals surface area contributed by atoms with Gasteiger partial charge in [0, 0.05) is 5.56 Å². The smallest absolute Gasteiger partial charge is 0.338 e. The third-order valence-corrected chi connectivity index (χ3v) is 4.12. The molecule has 0 aliphatic rings. The van der Waals surface area contributed by atoms with E-state index in [0.29, 0.717) is 17.1 Å². The molecule has 0 fully saturated rings. The van der Waals surface area contributed by atoms with Crippen molar-refractivity contribution >= 4 is 11.9 Å². The summed E-state index contributed by atoms with van der Waals surface area (Å²) in [5, 5.41) is 12.5. The summed E-state index contributed by atoms with van der Waals surface area (Å²) in [6, 6.07) is 14.0. The molecule has 1 heterocycles. The average molecular weight is 394 g/mol. The van der Waals surface area contributed by atoms with Crippen LogP contribution in [0.1, 0.15) is 36.7 Å². The van der Waals surface area contributed by atoms with Crippen LogP contribution in [0.2, 0.25) is 0 Å². The lowest BCUT2D eigenvalue weighted by Gasteiger charge is -2.16. The number of benzene rings is 2. The minimum atomic E-state index is -0.580. The summed E-state index contributed by atoms with van der Waals surface area (Å²) in [6.45, 7) is 5.67. The lowest BCUT2D eigenvalue weighted by Crippen LogP contribution is -2.25. The molecule has 8 heteroatoms. The van der Waals surface area contributed by atoms with Gasteiger partial charge in [-0.3, -0.25) is 4.79 Å². The van der Waals surface area contributed by atoms with Crippen molar-refractivity contribution < 1.29 is 19.1 Å².